The Morgan fingerprint density at radius 1 is 1.13 bits per heavy atom. The number of likely N-dealkylation sites (tertiary alicyclic amines) is 1. The lowest BCUT2D eigenvalue weighted by atomic mass is 9.81. The van der Waals surface area contributed by atoms with E-state index in [9.17, 15) is 19.2 Å². The van der Waals surface area contributed by atoms with E-state index < -0.39 is 18.0 Å². The number of ether oxygens (including phenoxy) is 3. The minimum absolute atomic E-state index is 0.00493. The fraction of sp³-hybridized carbons (Fsp3) is 0.545. The molecule has 1 aliphatic carbocycles. The summed E-state index contributed by atoms with van der Waals surface area (Å²) in [5.74, 6) is -0.624. The molecular weight excluding hydrogens is 404 g/mol. The molecule has 0 spiro atoms. The monoisotopic (exact) mass is 430 g/mol. The van der Waals surface area contributed by atoms with Gasteiger partial charge in [0.25, 0.3) is 5.91 Å². The van der Waals surface area contributed by atoms with Gasteiger partial charge in [-0.15, -0.1) is 0 Å². The highest BCUT2D eigenvalue weighted by molar-refractivity contribution is 6.05. The topological polar surface area (TPSA) is 111 Å². The van der Waals surface area contributed by atoms with Crippen molar-refractivity contribution in [2.45, 2.75) is 51.7 Å². The Morgan fingerprint density at radius 2 is 1.81 bits per heavy atom. The minimum atomic E-state index is -0.992. The number of nitrogens with one attached hydrogen (secondary N) is 1. The Kier molecular flexibility index (Phi) is 6.11. The third kappa shape index (κ3) is 4.50. The number of carbonyl (C=O) groups excluding carboxylic acids is 4. The van der Waals surface area contributed by atoms with Gasteiger partial charge in [0.1, 0.15) is 0 Å². The normalized spacial score (nSPS) is 22.8. The molecule has 1 saturated carbocycles. The smallest absolute Gasteiger partial charge is 0.308 e. The van der Waals surface area contributed by atoms with Crippen LogP contribution in [0, 0.1) is 11.8 Å². The van der Waals surface area contributed by atoms with Crippen molar-refractivity contribution in [3.8, 4) is 11.5 Å². The van der Waals surface area contributed by atoms with Crippen LogP contribution in [0.5, 0.6) is 11.5 Å². The van der Waals surface area contributed by atoms with E-state index in [0.717, 1.165) is 31.2 Å². The number of hydrogen-bond donors (Lipinski definition) is 1. The van der Waals surface area contributed by atoms with Gasteiger partial charge in [-0.3, -0.25) is 24.1 Å². The molecule has 3 aliphatic rings. The molecule has 31 heavy (non-hydrogen) atoms. The van der Waals surface area contributed by atoms with Crippen LogP contribution in [0.4, 0.5) is 0 Å². The van der Waals surface area contributed by atoms with E-state index in [4.69, 9.17) is 14.2 Å². The van der Waals surface area contributed by atoms with Gasteiger partial charge in [-0.05, 0) is 37.5 Å². The highest BCUT2D eigenvalue weighted by atomic mass is 16.7. The van der Waals surface area contributed by atoms with Crippen LogP contribution in [0.1, 0.15) is 44.6 Å². The molecule has 1 aromatic carbocycles. The molecule has 1 aromatic rings. The van der Waals surface area contributed by atoms with Crippen LogP contribution in [-0.4, -0.2) is 48.0 Å². The number of fused-ring (bicyclic) bond motifs is 2. The molecule has 2 fully saturated rings. The van der Waals surface area contributed by atoms with E-state index in [1.165, 1.54) is 11.8 Å². The first kappa shape index (κ1) is 21.1. The molecular formula is C22H26N2O7. The van der Waals surface area contributed by atoms with Crippen LogP contribution in [0.3, 0.4) is 0 Å². The quantitative estimate of drug-likeness (QED) is 0.516. The molecule has 166 valence electrons. The molecule has 0 aromatic heterocycles. The molecule has 0 radical (unpaired) electrons. The van der Waals surface area contributed by atoms with E-state index in [1.807, 2.05) is 6.07 Å². The predicted octanol–water partition coefficient (Wildman–Crippen LogP) is 1.53. The predicted molar refractivity (Wildman–Crippen MR) is 107 cm³/mol. The average molecular weight is 430 g/mol. The SMILES string of the molecule is C[C@H](OC(=O)CCN1C(=O)[C@H]2CCCC[C@@H]2C1=O)C(=O)NCc1ccc2c(c1)OCO2. The van der Waals surface area contributed by atoms with Crippen molar-refractivity contribution in [2.24, 2.45) is 11.8 Å². The summed E-state index contributed by atoms with van der Waals surface area (Å²) in [7, 11) is 0. The fourth-order valence-electron chi connectivity index (χ4n) is 4.35. The van der Waals surface area contributed by atoms with Gasteiger partial charge >= 0.3 is 5.97 Å². The average Bonchev–Trinajstić information content (AvgIpc) is 3.33. The number of carbonyl (C=O) groups is 4. The maximum absolute atomic E-state index is 12.5. The van der Waals surface area contributed by atoms with Gasteiger partial charge in [-0.1, -0.05) is 18.9 Å². The van der Waals surface area contributed by atoms with Gasteiger partial charge in [-0.2, -0.15) is 0 Å². The molecule has 2 heterocycles. The van der Waals surface area contributed by atoms with Crippen LogP contribution in [0.2, 0.25) is 0 Å². The van der Waals surface area contributed by atoms with Gasteiger partial charge in [0.05, 0.1) is 18.3 Å². The maximum atomic E-state index is 12.5. The Labute approximate surface area is 180 Å². The number of imide groups is 1. The zero-order valence-corrected chi connectivity index (χ0v) is 17.4. The second-order valence-electron chi connectivity index (χ2n) is 8.11. The lowest BCUT2D eigenvalue weighted by Gasteiger charge is -2.19. The number of hydrogen-bond acceptors (Lipinski definition) is 7. The first-order chi connectivity index (χ1) is 14.9. The number of benzene rings is 1. The second kappa shape index (κ2) is 8.95. The Balaban J connectivity index is 1.21. The van der Waals surface area contributed by atoms with Crippen LogP contribution in [0.15, 0.2) is 18.2 Å². The standard InChI is InChI=1S/C22H26N2O7/c1-13(20(26)23-11-14-6-7-17-18(10-14)30-12-29-17)31-19(25)8-9-24-21(27)15-4-2-3-5-16(15)22(24)28/h6-7,10,13,15-16H,2-5,8-9,11-12H2,1H3,(H,23,26)/t13-,15-,16-/m0/s1. The summed E-state index contributed by atoms with van der Waals surface area (Å²) in [6.07, 6.45) is 2.25. The lowest BCUT2D eigenvalue weighted by molar-refractivity contribution is -0.155. The number of nitrogens with zero attached hydrogens (tertiary/aromatic N) is 1. The van der Waals surface area contributed by atoms with Crippen molar-refractivity contribution in [3.05, 3.63) is 23.8 Å². The Hall–Kier alpha value is -3.10. The zero-order chi connectivity index (χ0) is 22.0. The summed E-state index contributed by atoms with van der Waals surface area (Å²) in [5, 5.41) is 2.71. The molecule has 0 unspecified atom stereocenters. The third-order valence-electron chi connectivity index (χ3n) is 6.05. The Morgan fingerprint density at radius 3 is 2.52 bits per heavy atom. The zero-order valence-electron chi connectivity index (χ0n) is 17.4. The van der Waals surface area contributed by atoms with E-state index in [1.54, 1.807) is 12.1 Å². The highest BCUT2D eigenvalue weighted by Gasteiger charge is 2.47. The van der Waals surface area contributed by atoms with Gasteiger partial charge in [0, 0.05) is 13.1 Å². The first-order valence-electron chi connectivity index (χ1n) is 10.6. The summed E-state index contributed by atoms with van der Waals surface area (Å²) >= 11 is 0. The number of amides is 3. The summed E-state index contributed by atoms with van der Waals surface area (Å²) in [5.41, 5.74) is 0.823. The van der Waals surface area contributed by atoms with Gasteiger partial charge < -0.3 is 19.5 Å². The molecule has 3 amide bonds. The van der Waals surface area contributed by atoms with Crippen LogP contribution >= 0.6 is 0 Å². The molecule has 2 aliphatic heterocycles. The minimum Gasteiger partial charge on any atom is -0.454 e. The first-order valence-corrected chi connectivity index (χ1v) is 10.6. The van der Waals surface area contributed by atoms with Gasteiger partial charge in [0.15, 0.2) is 17.6 Å². The van der Waals surface area contributed by atoms with Crippen LogP contribution in [-0.2, 0) is 30.5 Å². The van der Waals surface area contributed by atoms with Crippen LogP contribution in [0.25, 0.3) is 0 Å². The largest absolute Gasteiger partial charge is 0.454 e. The third-order valence-corrected chi connectivity index (χ3v) is 6.05. The summed E-state index contributed by atoms with van der Waals surface area (Å²) in [6, 6.07) is 5.36. The Bertz CT molecular complexity index is 876. The molecule has 9 heteroatoms. The van der Waals surface area contributed by atoms with Crippen molar-refractivity contribution in [1.29, 1.82) is 0 Å². The molecule has 0 bridgehead atoms. The summed E-state index contributed by atoms with van der Waals surface area (Å²) in [6.45, 7) is 1.90. The van der Waals surface area contributed by atoms with E-state index >= 15 is 0 Å². The van der Waals surface area contributed by atoms with Crippen molar-refractivity contribution in [2.75, 3.05) is 13.3 Å². The molecule has 1 N–H and O–H groups in total. The van der Waals surface area contributed by atoms with Crippen molar-refractivity contribution < 1.29 is 33.4 Å². The van der Waals surface area contributed by atoms with Crippen molar-refractivity contribution in [1.82, 2.24) is 10.2 Å². The molecule has 3 atom stereocenters. The summed E-state index contributed by atoms with van der Waals surface area (Å²) < 4.78 is 15.7. The van der Waals surface area contributed by atoms with Crippen molar-refractivity contribution in [3.63, 3.8) is 0 Å². The molecule has 9 nitrogen and oxygen atoms in total. The molecule has 1 saturated heterocycles. The number of rotatable bonds is 7. The lowest BCUT2D eigenvalue weighted by Crippen LogP contribution is -2.37. The van der Waals surface area contributed by atoms with Gasteiger partial charge in [-0.25, -0.2) is 0 Å². The number of esters is 1. The van der Waals surface area contributed by atoms with E-state index in [-0.39, 0.29) is 50.0 Å². The summed E-state index contributed by atoms with van der Waals surface area (Å²) in [4.78, 5) is 50.5. The van der Waals surface area contributed by atoms with E-state index in [0.29, 0.717) is 11.5 Å². The van der Waals surface area contributed by atoms with Crippen molar-refractivity contribution >= 4 is 23.7 Å². The fourth-order valence-corrected chi connectivity index (χ4v) is 4.35. The second-order valence-corrected chi connectivity index (χ2v) is 8.11. The van der Waals surface area contributed by atoms with E-state index in [2.05, 4.69) is 5.32 Å². The van der Waals surface area contributed by atoms with Crippen LogP contribution < -0.4 is 14.8 Å². The highest BCUT2D eigenvalue weighted by Crippen LogP contribution is 2.38. The van der Waals surface area contributed by atoms with Gasteiger partial charge in [0.2, 0.25) is 18.6 Å². The molecule has 4 rings (SSSR count). The maximum Gasteiger partial charge on any atom is 0.308 e.